The highest BCUT2D eigenvalue weighted by Crippen LogP contribution is 2.33. The third kappa shape index (κ3) is 5.87. The fourth-order valence-electron chi connectivity index (χ4n) is 4.96. The Kier molecular flexibility index (Phi) is 7.01. The Balaban J connectivity index is 1.47. The maximum Gasteiger partial charge on any atom is 0.410 e. The standard InChI is InChI=1S/C21H37N3O5S/c1-21(2,3)29-20(26)23-13-9-17(14-23)16-7-11-22(12-8-16)19(25)18-6-5-10-24(15-18)30(4,27)28/h16-18H,5-15H2,1-4H3/t17-,18+/m0/s1. The molecule has 0 unspecified atom stereocenters. The van der Waals surface area contributed by atoms with Crippen molar-refractivity contribution < 1.29 is 22.7 Å². The van der Waals surface area contributed by atoms with Crippen molar-refractivity contribution in [2.75, 3.05) is 45.5 Å². The van der Waals surface area contributed by atoms with Gasteiger partial charge < -0.3 is 14.5 Å². The van der Waals surface area contributed by atoms with Crippen LogP contribution in [0.4, 0.5) is 4.79 Å². The summed E-state index contributed by atoms with van der Waals surface area (Å²) in [7, 11) is -3.25. The first-order valence-corrected chi connectivity index (χ1v) is 13.0. The summed E-state index contributed by atoms with van der Waals surface area (Å²) in [6.07, 6.45) is 5.37. The molecule has 0 aromatic carbocycles. The average molecular weight is 444 g/mol. The second-order valence-corrected chi connectivity index (χ2v) is 12.1. The minimum atomic E-state index is -3.25. The van der Waals surface area contributed by atoms with Gasteiger partial charge in [-0.2, -0.15) is 0 Å². The topological polar surface area (TPSA) is 87.2 Å². The maximum atomic E-state index is 13.0. The molecule has 3 fully saturated rings. The minimum Gasteiger partial charge on any atom is -0.444 e. The number of carbonyl (C=O) groups excluding carboxylic acids is 2. The first-order chi connectivity index (χ1) is 13.9. The zero-order chi connectivity index (χ0) is 22.1. The predicted octanol–water partition coefficient (Wildman–Crippen LogP) is 2.15. The van der Waals surface area contributed by atoms with Crippen LogP contribution in [-0.4, -0.2) is 85.6 Å². The summed E-state index contributed by atoms with van der Waals surface area (Å²) < 4.78 is 30.6. The Hall–Kier alpha value is -1.35. The third-order valence-corrected chi connectivity index (χ3v) is 7.87. The fourth-order valence-corrected chi connectivity index (χ4v) is 5.87. The maximum absolute atomic E-state index is 13.0. The molecule has 3 saturated heterocycles. The smallest absolute Gasteiger partial charge is 0.410 e. The van der Waals surface area contributed by atoms with Crippen LogP contribution in [0.2, 0.25) is 0 Å². The van der Waals surface area contributed by atoms with Gasteiger partial charge in [0.25, 0.3) is 0 Å². The quantitative estimate of drug-likeness (QED) is 0.667. The molecule has 0 N–H and O–H groups in total. The lowest BCUT2D eigenvalue weighted by molar-refractivity contribution is -0.138. The molecule has 3 aliphatic rings. The Morgan fingerprint density at radius 2 is 1.47 bits per heavy atom. The lowest BCUT2D eigenvalue weighted by Crippen LogP contribution is -2.48. The zero-order valence-corrected chi connectivity index (χ0v) is 19.6. The SMILES string of the molecule is CC(C)(C)OC(=O)N1CC[C@H](C2CCN(C(=O)[C@@H]3CCCN(S(C)(=O)=O)C3)CC2)C1. The van der Waals surface area contributed by atoms with Crippen molar-refractivity contribution in [2.24, 2.45) is 17.8 Å². The van der Waals surface area contributed by atoms with Gasteiger partial charge in [-0.15, -0.1) is 0 Å². The van der Waals surface area contributed by atoms with Gasteiger partial charge in [-0.05, 0) is 64.7 Å². The lowest BCUT2D eigenvalue weighted by atomic mass is 9.83. The van der Waals surface area contributed by atoms with E-state index in [0.717, 1.165) is 58.3 Å². The van der Waals surface area contributed by atoms with Gasteiger partial charge in [0.15, 0.2) is 0 Å². The molecule has 2 atom stereocenters. The number of nitrogens with zero attached hydrogens (tertiary/aromatic N) is 3. The van der Waals surface area contributed by atoms with E-state index in [4.69, 9.17) is 4.74 Å². The van der Waals surface area contributed by atoms with Crippen molar-refractivity contribution in [2.45, 2.75) is 58.5 Å². The molecule has 9 heteroatoms. The van der Waals surface area contributed by atoms with Crippen LogP contribution in [-0.2, 0) is 19.6 Å². The van der Waals surface area contributed by atoms with Crippen LogP contribution in [0.5, 0.6) is 0 Å². The number of hydrogen-bond donors (Lipinski definition) is 0. The number of ether oxygens (including phenoxy) is 1. The second kappa shape index (κ2) is 9.02. The molecule has 0 spiro atoms. The van der Waals surface area contributed by atoms with Crippen molar-refractivity contribution in [1.29, 1.82) is 0 Å². The number of carbonyl (C=O) groups is 2. The number of piperidine rings is 2. The molecule has 30 heavy (non-hydrogen) atoms. The Bertz CT molecular complexity index is 740. The van der Waals surface area contributed by atoms with Gasteiger partial charge in [-0.25, -0.2) is 17.5 Å². The average Bonchev–Trinajstić information content (AvgIpc) is 3.16. The van der Waals surface area contributed by atoms with Crippen LogP contribution in [0.15, 0.2) is 0 Å². The molecule has 2 amide bonds. The Labute approximate surface area is 180 Å². The summed E-state index contributed by atoms with van der Waals surface area (Å²) >= 11 is 0. The summed E-state index contributed by atoms with van der Waals surface area (Å²) in [5.41, 5.74) is -0.479. The summed E-state index contributed by atoms with van der Waals surface area (Å²) in [5.74, 6) is 0.855. The molecule has 0 aliphatic carbocycles. The molecule has 3 heterocycles. The minimum absolute atomic E-state index is 0.101. The van der Waals surface area contributed by atoms with E-state index in [1.54, 1.807) is 0 Å². The van der Waals surface area contributed by atoms with Gasteiger partial charge in [0.2, 0.25) is 15.9 Å². The highest BCUT2D eigenvalue weighted by molar-refractivity contribution is 7.88. The number of rotatable bonds is 3. The van der Waals surface area contributed by atoms with Crippen molar-refractivity contribution in [3.05, 3.63) is 0 Å². The van der Waals surface area contributed by atoms with E-state index in [-0.39, 0.29) is 17.9 Å². The van der Waals surface area contributed by atoms with E-state index in [2.05, 4.69) is 0 Å². The van der Waals surface area contributed by atoms with Crippen LogP contribution in [0.3, 0.4) is 0 Å². The zero-order valence-electron chi connectivity index (χ0n) is 18.8. The van der Waals surface area contributed by atoms with Crippen LogP contribution in [0, 0.1) is 17.8 Å². The Morgan fingerprint density at radius 3 is 2.07 bits per heavy atom. The van der Waals surface area contributed by atoms with E-state index in [1.807, 2.05) is 30.6 Å². The molecule has 0 aromatic rings. The summed E-state index contributed by atoms with van der Waals surface area (Å²) in [6.45, 7) is 9.39. The van der Waals surface area contributed by atoms with Crippen LogP contribution >= 0.6 is 0 Å². The molecular formula is C21H37N3O5S. The molecule has 3 aliphatic heterocycles. The summed E-state index contributed by atoms with van der Waals surface area (Å²) in [5, 5.41) is 0. The van der Waals surface area contributed by atoms with E-state index in [9.17, 15) is 18.0 Å². The summed E-state index contributed by atoms with van der Waals surface area (Å²) in [6, 6.07) is 0. The van der Waals surface area contributed by atoms with Gasteiger partial charge in [-0.3, -0.25) is 4.79 Å². The second-order valence-electron chi connectivity index (χ2n) is 10.1. The normalized spacial score (nSPS) is 27.3. The van der Waals surface area contributed by atoms with Crippen LogP contribution in [0.1, 0.15) is 52.9 Å². The van der Waals surface area contributed by atoms with E-state index < -0.39 is 15.6 Å². The number of amides is 2. The van der Waals surface area contributed by atoms with Crippen molar-refractivity contribution >= 4 is 22.0 Å². The molecule has 0 bridgehead atoms. The highest BCUT2D eigenvalue weighted by Gasteiger charge is 2.38. The molecule has 8 nitrogen and oxygen atoms in total. The van der Waals surface area contributed by atoms with Gasteiger partial charge in [0.1, 0.15) is 5.60 Å². The fraction of sp³-hybridized carbons (Fsp3) is 0.905. The van der Waals surface area contributed by atoms with Gasteiger partial charge in [-0.1, -0.05) is 0 Å². The van der Waals surface area contributed by atoms with Crippen LogP contribution in [0.25, 0.3) is 0 Å². The van der Waals surface area contributed by atoms with E-state index >= 15 is 0 Å². The number of sulfonamides is 1. The predicted molar refractivity (Wildman–Crippen MR) is 114 cm³/mol. The first-order valence-electron chi connectivity index (χ1n) is 11.2. The molecule has 3 rings (SSSR count). The molecular weight excluding hydrogens is 406 g/mol. The van der Waals surface area contributed by atoms with Gasteiger partial charge >= 0.3 is 6.09 Å². The molecule has 0 aromatic heterocycles. The number of hydrogen-bond acceptors (Lipinski definition) is 5. The largest absolute Gasteiger partial charge is 0.444 e. The van der Waals surface area contributed by atoms with Crippen LogP contribution < -0.4 is 0 Å². The van der Waals surface area contributed by atoms with E-state index in [1.165, 1.54) is 10.6 Å². The number of likely N-dealkylation sites (tertiary alicyclic amines) is 2. The molecule has 0 saturated carbocycles. The molecule has 172 valence electrons. The highest BCUT2D eigenvalue weighted by atomic mass is 32.2. The first kappa shape index (κ1) is 23.3. The van der Waals surface area contributed by atoms with Gasteiger partial charge in [0.05, 0.1) is 12.2 Å². The lowest BCUT2D eigenvalue weighted by Gasteiger charge is -2.38. The van der Waals surface area contributed by atoms with E-state index in [0.29, 0.717) is 24.9 Å². The van der Waals surface area contributed by atoms with Crippen molar-refractivity contribution in [1.82, 2.24) is 14.1 Å². The monoisotopic (exact) mass is 443 g/mol. The van der Waals surface area contributed by atoms with Gasteiger partial charge in [0, 0.05) is 39.3 Å². The Morgan fingerprint density at radius 1 is 0.867 bits per heavy atom. The van der Waals surface area contributed by atoms with Crippen molar-refractivity contribution in [3.8, 4) is 0 Å². The van der Waals surface area contributed by atoms with Crippen molar-refractivity contribution in [3.63, 3.8) is 0 Å². The third-order valence-electron chi connectivity index (χ3n) is 6.60. The summed E-state index contributed by atoms with van der Waals surface area (Å²) in [4.78, 5) is 29.0. The molecule has 0 radical (unpaired) electrons.